The van der Waals surface area contributed by atoms with E-state index in [-0.39, 0.29) is 24.0 Å². The van der Waals surface area contributed by atoms with Gasteiger partial charge in [0.1, 0.15) is 0 Å². The number of hydrogen-bond acceptors (Lipinski definition) is 3. The molecule has 0 aliphatic heterocycles. The molecule has 0 aliphatic carbocycles. The molecule has 6 heteroatoms. The number of hydrogen-bond donors (Lipinski definition) is 2. The van der Waals surface area contributed by atoms with E-state index in [0.717, 1.165) is 42.7 Å². The number of ether oxygens (including phenoxy) is 2. The SMILES string of the molecule is C/C=C/CCN=C(NCC)Nc1ccc(OC)c(OCC)c1.I. The Labute approximate surface area is 156 Å². The minimum absolute atomic E-state index is 0. The molecule has 0 radical (unpaired) electrons. The van der Waals surface area contributed by atoms with Crippen LogP contribution in [0.2, 0.25) is 0 Å². The molecule has 1 rings (SSSR count). The van der Waals surface area contributed by atoms with Gasteiger partial charge in [0.05, 0.1) is 13.7 Å². The van der Waals surface area contributed by atoms with Crippen molar-refractivity contribution < 1.29 is 9.47 Å². The third-order valence-electron chi connectivity index (χ3n) is 2.87. The Kier molecular flexibility index (Phi) is 12.2. The Hall–Kier alpha value is -1.44. The van der Waals surface area contributed by atoms with Gasteiger partial charge in [0.25, 0.3) is 0 Å². The zero-order chi connectivity index (χ0) is 16.2. The normalized spacial score (nSPS) is 11.0. The Morgan fingerprint density at radius 3 is 2.65 bits per heavy atom. The summed E-state index contributed by atoms with van der Waals surface area (Å²) in [7, 11) is 1.64. The molecule has 0 aromatic heterocycles. The first kappa shape index (κ1) is 21.6. The fourth-order valence-corrected chi connectivity index (χ4v) is 1.88. The Balaban J connectivity index is 0.00000484. The summed E-state index contributed by atoms with van der Waals surface area (Å²) < 4.78 is 10.9. The van der Waals surface area contributed by atoms with Gasteiger partial charge >= 0.3 is 0 Å². The van der Waals surface area contributed by atoms with Crippen LogP contribution in [0.1, 0.15) is 27.2 Å². The molecule has 0 atom stereocenters. The molecule has 0 bridgehead atoms. The monoisotopic (exact) mass is 433 g/mol. The van der Waals surface area contributed by atoms with Crippen molar-refractivity contribution >= 4 is 35.6 Å². The van der Waals surface area contributed by atoms with Crippen LogP contribution >= 0.6 is 24.0 Å². The van der Waals surface area contributed by atoms with Crippen LogP contribution in [0, 0.1) is 0 Å². The van der Waals surface area contributed by atoms with Crippen molar-refractivity contribution in [3.63, 3.8) is 0 Å². The highest BCUT2D eigenvalue weighted by atomic mass is 127. The second-order valence-corrected chi connectivity index (χ2v) is 4.54. The summed E-state index contributed by atoms with van der Waals surface area (Å²) in [6.45, 7) is 8.16. The first-order valence-corrected chi connectivity index (χ1v) is 7.72. The van der Waals surface area contributed by atoms with Crippen LogP contribution in [0.5, 0.6) is 11.5 Å². The van der Waals surface area contributed by atoms with E-state index in [0.29, 0.717) is 6.61 Å². The van der Waals surface area contributed by atoms with Crippen molar-refractivity contribution in [2.24, 2.45) is 4.99 Å². The number of rotatable bonds is 8. The summed E-state index contributed by atoms with van der Waals surface area (Å²) in [5, 5.41) is 6.52. The number of benzene rings is 1. The Morgan fingerprint density at radius 1 is 1.26 bits per heavy atom. The number of methoxy groups -OCH3 is 1. The summed E-state index contributed by atoms with van der Waals surface area (Å²) >= 11 is 0. The fourth-order valence-electron chi connectivity index (χ4n) is 1.88. The number of nitrogens with zero attached hydrogens (tertiary/aromatic N) is 1. The van der Waals surface area contributed by atoms with Gasteiger partial charge < -0.3 is 20.1 Å². The molecule has 130 valence electrons. The van der Waals surface area contributed by atoms with E-state index < -0.39 is 0 Å². The van der Waals surface area contributed by atoms with Gasteiger partial charge in [0.2, 0.25) is 0 Å². The lowest BCUT2D eigenvalue weighted by molar-refractivity contribution is 0.311. The lowest BCUT2D eigenvalue weighted by Gasteiger charge is -2.14. The topological polar surface area (TPSA) is 54.9 Å². The maximum atomic E-state index is 5.59. The van der Waals surface area contributed by atoms with Gasteiger partial charge in [-0.05, 0) is 39.3 Å². The maximum Gasteiger partial charge on any atom is 0.195 e. The van der Waals surface area contributed by atoms with E-state index in [2.05, 4.69) is 21.7 Å². The highest BCUT2D eigenvalue weighted by molar-refractivity contribution is 14.0. The van der Waals surface area contributed by atoms with Crippen molar-refractivity contribution in [2.45, 2.75) is 27.2 Å². The van der Waals surface area contributed by atoms with Crippen LogP contribution in [0.3, 0.4) is 0 Å². The highest BCUT2D eigenvalue weighted by Gasteiger charge is 2.06. The molecule has 1 aromatic carbocycles. The third-order valence-corrected chi connectivity index (χ3v) is 2.87. The molecule has 0 amide bonds. The zero-order valence-corrected chi connectivity index (χ0v) is 16.7. The summed E-state index contributed by atoms with van der Waals surface area (Å²) in [6.07, 6.45) is 5.07. The molecule has 0 saturated carbocycles. The summed E-state index contributed by atoms with van der Waals surface area (Å²) in [5.41, 5.74) is 0.912. The Bertz CT molecular complexity index is 505. The van der Waals surface area contributed by atoms with Crippen LogP contribution in [0.15, 0.2) is 35.3 Å². The second kappa shape index (κ2) is 13.0. The van der Waals surface area contributed by atoms with Crippen molar-refractivity contribution in [3.05, 3.63) is 30.4 Å². The summed E-state index contributed by atoms with van der Waals surface area (Å²) in [5.74, 6) is 2.21. The van der Waals surface area contributed by atoms with Crippen LogP contribution in [-0.4, -0.2) is 32.8 Å². The van der Waals surface area contributed by atoms with E-state index in [1.54, 1.807) is 7.11 Å². The van der Waals surface area contributed by atoms with Gasteiger partial charge in [0.15, 0.2) is 17.5 Å². The van der Waals surface area contributed by atoms with Crippen molar-refractivity contribution in [2.75, 3.05) is 32.1 Å². The molecular weight excluding hydrogens is 405 g/mol. The zero-order valence-electron chi connectivity index (χ0n) is 14.4. The second-order valence-electron chi connectivity index (χ2n) is 4.54. The number of anilines is 1. The molecule has 5 nitrogen and oxygen atoms in total. The van der Waals surface area contributed by atoms with Crippen LogP contribution in [-0.2, 0) is 0 Å². The van der Waals surface area contributed by atoms with Gasteiger partial charge in [-0.3, -0.25) is 4.99 Å². The van der Waals surface area contributed by atoms with Gasteiger partial charge in [-0.1, -0.05) is 12.2 Å². The molecule has 0 fully saturated rings. The van der Waals surface area contributed by atoms with Crippen molar-refractivity contribution in [1.82, 2.24) is 5.32 Å². The minimum atomic E-state index is 0. The largest absolute Gasteiger partial charge is 0.493 e. The molecule has 1 aromatic rings. The van der Waals surface area contributed by atoms with E-state index in [1.807, 2.05) is 45.0 Å². The number of allylic oxidation sites excluding steroid dienone is 1. The average molecular weight is 433 g/mol. The maximum absolute atomic E-state index is 5.59. The molecule has 0 saturated heterocycles. The molecule has 0 heterocycles. The molecular formula is C17H28IN3O2. The number of guanidine groups is 1. The first-order chi connectivity index (χ1) is 10.7. The van der Waals surface area contributed by atoms with E-state index >= 15 is 0 Å². The molecule has 0 spiro atoms. The van der Waals surface area contributed by atoms with Gasteiger partial charge in [-0.15, -0.1) is 24.0 Å². The van der Waals surface area contributed by atoms with Crippen molar-refractivity contribution in [1.29, 1.82) is 0 Å². The summed E-state index contributed by atoms with van der Waals surface area (Å²) in [4.78, 5) is 4.54. The molecule has 2 N–H and O–H groups in total. The fraction of sp³-hybridized carbons (Fsp3) is 0.471. The lowest BCUT2D eigenvalue weighted by atomic mass is 10.2. The van der Waals surface area contributed by atoms with E-state index in [1.165, 1.54) is 0 Å². The van der Waals surface area contributed by atoms with Gasteiger partial charge in [-0.2, -0.15) is 0 Å². The van der Waals surface area contributed by atoms with Crippen LogP contribution in [0.25, 0.3) is 0 Å². The number of aliphatic imine (C=N–C) groups is 1. The van der Waals surface area contributed by atoms with Gasteiger partial charge in [0, 0.05) is 24.8 Å². The lowest BCUT2D eigenvalue weighted by Crippen LogP contribution is -2.30. The minimum Gasteiger partial charge on any atom is -0.493 e. The average Bonchev–Trinajstić information content (AvgIpc) is 2.52. The quantitative estimate of drug-likeness (QED) is 0.214. The molecule has 23 heavy (non-hydrogen) atoms. The Morgan fingerprint density at radius 2 is 2.04 bits per heavy atom. The van der Waals surface area contributed by atoms with Crippen LogP contribution < -0.4 is 20.1 Å². The predicted molar refractivity (Wildman–Crippen MR) is 109 cm³/mol. The third kappa shape index (κ3) is 8.11. The van der Waals surface area contributed by atoms with E-state index in [4.69, 9.17) is 9.47 Å². The summed E-state index contributed by atoms with van der Waals surface area (Å²) in [6, 6.07) is 5.75. The predicted octanol–water partition coefficient (Wildman–Crippen LogP) is 4.06. The first-order valence-electron chi connectivity index (χ1n) is 7.72. The molecule has 0 aliphatic rings. The smallest absolute Gasteiger partial charge is 0.195 e. The van der Waals surface area contributed by atoms with Crippen molar-refractivity contribution in [3.8, 4) is 11.5 Å². The van der Waals surface area contributed by atoms with E-state index in [9.17, 15) is 0 Å². The molecule has 0 unspecified atom stereocenters. The number of nitrogens with one attached hydrogen (secondary N) is 2. The van der Waals surface area contributed by atoms with Crippen LogP contribution in [0.4, 0.5) is 5.69 Å². The van der Waals surface area contributed by atoms with Gasteiger partial charge in [-0.25, -0.2) is 0 Å². The standard InChI is InChI=1S/C17H27N3O2.HI/c1-5-8-9-12-19-17(18-6-2)20-14-10-11-15(21-4)16(13-14)22-7-3;/h5,8,10-11,13H,6-7,9,12H2,1-4H3,(H2,18,19,20);1H/b8-5+;. The number of halogens is 1. The highest BCUT2D eigenvalue weighted by Crippen LogP contribution is 2.30.